The highest BCUT2D eigenvalue weighted by molar-refractivity contribution is 7.15. The van der Waals surface area contributed by atoms with Crippen LogP contribution in [0.25, 0.3) is 0 Å². The summed E-state index contributed by atoms with van der Waals surface area (Å²) in [6, 6.07) is 0. The third-order valence-corrected chi connectivity index (χ3v) is 4.41. The molecule has 7 heteroatoms. The van der Waals surface area contributed by atoms with Gasteiger partial charge in [-0.1, -0.05) is 19.0 Å². The van der Waals surface area contributed by atoms with Crippen molar-refractivity contribution in [3.05, 3.63) is 33.5 Å². The van der Waals surface area contributed by atoms with Crippen LogP contribution in [-0.2, 0) is 11.2 Å². The number of ether oxygens (including phenoxy) is 1. The van der Waals surface area contributed by atoms with E-state index in [2.05, 4.69) is 24.3 Å². The van der Waals surface area contributed by atoms with Crippen LogP contribution < -0.4 is 5.32 Å². The van der Waals surface area contributed by atoms with E-state index in [0.717, 1.165) is 12.0 Å². The lowest BCUT2D eigenvalue weighted by Crippen LogP contribution is -2.16. The Balaban J connectivity index is 2.34. The average Bonchev–Trinajstić information content (AvgIpc) is 3.02. The summed E-state index contributed by atoms with van der Waals surface area (Å²) in [6.07, 6.45) is 0.742. The fraction of sp³-hybridized carbons (Fsp3) is 0.471. The maximum Gasteiger partial charge on any atom is 0.341 e. The van der Waals surface area contributed by atoms with Gasteiger partial charge in [-0.25, -0.2) is 4.79 Å². The van der Waals surface area contributed by atoms with Gasteiger partial charge in [0.15, 0.2) is 0 Å². The van der Waals surface area contributed by atoms with Crippen molar-refractivity contribution in [1.82, 2.24) is 5.16 Å². The Bertz CT molecular complexity index is 726. The van der Waals surface area contributed by atoms with Crippen molar-refractivity contribution >= 4 is 28.2 Å². The molecule has 0 bridgehead atoms. The van der Waals surface area contributed by atoms with Crippen molar-refractivity contribution in [2.75, 3.05) is 11.9 Å². The number of hydrogen-bond donors (Lipinski definition) is 1. The molecule has 0 saturated heterocycles. The molecule has 1 N–H and O–H groups in total. The number of anilines is 1. The van der Waals surface area contributed by atoms with Crippen molar-refractivity contribution in [2.45, 2.75) is 41.0 Å². The minimum atomic E-state index is -0.413. The van der Waals surface area contributed by atoms with Gasteiger partial charge in [0.1, 0.15) is 16.3 Å². The third kappa shape index (κ3) is 3.84. The van der Waals surface area contributed by atoms with E-state index in [1.54, 1.807) is 20.8 Å². The zero-order valence-electron chi connectivity index (χ0n) is 14.6. The van der Waals surface area contributed by atoms with E-state index in [-0.39, 0.29) is 12.5 Å². The summed E-state index contributed by atoms with van der Waals surface area (Å²) in [4.78, 5) is 24.9. The van der Waals surface area contributed by atoms with Crippen molar-refractivity contribution < 1.29 is 18.8 Å². The van der Waals surface area contributed by atoms with Crippen LogP contribution in [0.1, 0.15) is 58.5 Å². The number of rotatable bonds is 6. The topological polar surface area (TPSA) is 81.4 Å². The lowest BCUT2D eigenvalue weighted by molar-refractivity contribution is 0.0527. The summed E-state index contributed by atoms with van der Waals surface area (Å²) >= 11 is 1.33. The third-order valence-electron chi connectivity index (χ3n) is 3.46. The highest BCUT2D eigenvalue weighted by Crippen LogP contribution is 2.31. The van der Waals surface area contributed by atoms with Crippen LogP contribution in [0.4, 0.5) is 5.00 Å². The van der Waals surface area contributed by atoms with Gasteiger partial charge in [0.2, 0.25) is 0 Å². The minimum absolute atomic E-state index is 0.285. The predicted molar refractivity (Wildman–Crippen MR) is 92.7 cm³/mol. The Morgan fingerprint density at radius 2 is 2.04 bits per heavy atom. The van der Waals surface area contributed by atoms with Gasteiger partial charge < -0.3 is 14.6 Å². The number of carbonyl (C=O) groups is 2. The van der Waals surface area contributed by atoms with Gasteiger partial charge in [0, 0.05) is 0 Å². The summed E-state index contributed by atoms with van der Waals surface area (Å²) in [5, 5.41) is 8.99. The molecule has 0 fully saturated rings. The van der Waals surface area contributed by atoms with Crippen molar-refractivity contribution in [3.8, 4) is 0 Å². The molecule has 24 heavy (non-hydrogen) atoms. The van der Waals surface area contributed by atoms with E-state index < -0.39 is 5.97 Å². The molecule has 130 valence electrons. The van der Waals surface area contributed by atoms with Crippen LogP contribution in [0.3, 0.4) is 0 Å². The van der Waals surface area contributed by atoms with Crippen molar-refractivity contribution in [1.29, 1.82) is 0 Å². The SMILES string of the molecule is CCOC(=O)c1c(CC(C)C)csc1NC(=O)c1c(C)noc1C. The molecule has 0 atom stereocenters. The predicted octanol–water partition coefficient (Wildman–Crippen LogP) is 3.98. The Morgan fingerprint density at radius 3 is 2.58 bits per heavy atom. The molecule has 0 radical (unpaired) electrons. The minimum Gasteiger partial charge on any atom is -0.462 e. The highest BCUT2D eigenvalue weighted by Gasteiger charge is 2.24. The van der Waals surface area contributed by atoms with Gasteiger partial charge in [-0.3, -0.25) is 4.79 Å². The summed E-state index contributed by atoms with van der Waals surface area (Å²) in [7, 11) is 0. The molecule has 0 aliphatic heterocycles. The summed E-state index contributed by atoms with van der Waals surface area (Å²) in [5.41, 5.74) is 2.24. The van der Waals surface area contributed by atoms with Crippen molar-refractivity contribution in [2.24, 2.45) is 5.92 Å². The Labute approximate surface area is 145 Å². The van der Waals surface area contributed by atoms with Crippen LogP contribution in [0, 0.1) is 19.8 Å². The van der Waals surface area contributed by atoms with E-state index in [9.17, 15) is 9.59 Å². The molecule has 2 heterocycles. The van der Waals surface area contributed by atoms with Crippen LogP contribution in [0.5, 0.6) is 0 Å². The molecule has 1 amide bonds. The number of esters is 1. The number of carbonyl (C=O) groups excluding carboxylic acids is 2. The van der Waals surface area contributed by atoms with Gasteiger partial charge in [-0.05, 0) is 44.1 Å². The average molecular weight is 350 g/mol. The maximum absolute atomic E-state index is 12.5. The zero-order valence-corrected chi connectivity index (χ0v) is 15.4. The molecule has 6 nitrogen and oxygen atoms in total. The Kier molecular flexibility index (Phi) is 5.77. The quantitative estimate of drug-likeness (QED) is 0.797. The van der Waals surface area contributed by atoms with E-state index >= 15 is 0 Å². The number of aryl methyl sites for hydroxylation is 2. The van der Waals surface area contributed by atoms with E-state index in [4.69, 9.17) is 9.26 Å². The van der Waals surface area contributed by atoms with Gasteiger partial charge in [0.05, 0.1) is 17.9 Å². The number of aromatic nitrogens is 1. The van der Waals surface area contributed by atoms with Crippen molar-refractivity contribution in [3.63, 3.8) is 0 Å². The lowest BCUT2D eigenvalue weighted by Gasteiger charge is -2.09. The van der Waals surface area contributed by atoms with Crippen LogP contribution in [-0.4, -0.2) is 23.6 Å². The molecule has 0 aliphatic rings. The Morgan fingerprint density at radius 1 is 1.33 bits per heavy atom. The summed E-state index contributed by atoms with van der Waals surface area (Å²) in [6.45, 7) is 9.58. The molecular formula is C17H22N2O4S. The van der Waals surface area contributed by atoms with Crippen LogP contribution in [0.15, 0.2) is 9.90 Å². The maximum atomic E-state index is 12.5. The number of thiophene rings is 1. The van der Waals surface area contributed by atoms with Gasteiger partial charge in [-0.15, -0.1) is 11.3 Å². The number of amides is 1. The van der Waals surface area contributed by atoms with Gasteiger partial charge in [0.25, 0.3) is 5.91 Å². The standard InChI is InChI=1S/C17H22N2O4S/c1-6-22-17(21)14-12(7-9(2)3)8-24-16(14)18-15(20)13-10(4)19-23-11(13)5/h8-9H,6-7H2,1-5H3,(H,18,20). The summed E-state index contributed by atoms with van der Waals surface area (Å²) < 4.78 is 10.2. The number of nitrogens with zero attached hydrogens (tertiary/aromatic N) is 1. The first-order valence-electron chi connectivity index (χ1n) is 7.86. The molecule has 0 saturated carbocycles. The van der Waals surface area contributed by atoms with Gasteiger partial charge >= 0.3 is 5.97 Å². The summed E-state index contributed by atoms with van der Waals surface area (Å²) in [5.74, 6) is 0.0822. The zero-order chi connectivity index (χ0) is 17.9. The second kappa shape index (κ2) is 7.61. The second-order valence-electron chi connectivity index (χ2n) is 5.94. The van der Waals surface area contributed by atoms with Crippen LogP contribution in [0.2, 0.25) is 0 Å². The first-order chi connectivity index (χ1) is 11.3. The molecule has 2 rings (SSSR count). The Hall–Kier alpha value is -2.15. The van der Waals surface area contributed by atoms with Gasteiger partial charge in [-0.2, -0.15) is 0 Å². The highest BCUT2D eigenvalue weighted by atomic mass is 32.1. The van der Waals surface area contributed by atoms with E-state index in [1.807, 2.05) is 5.38 Å². The fourth-order valence-corrected chi connectivity index (χ4v) is 3.43. The molecule has 2 aromatic rings. The largest absolute Gasteiger partial charge is 0.462 e. The number of nitrogens with one attached hydrogen (secondary N) is 1. The molecule has 0 aromatic carbocycles. The molecule has 0 spiro atoms. The molecular weight excluding hydrogens is 328 g/mol. The normalized spacial score (nSPS) is 10.9. The first kappa shape index (κ1) is 18.2. The molecule has 2 aromatic heterocycles. The van der Waals surface area contributed by atoms with E-state index in [1.165, 1.54) is 11.3 Å². The van der Waals surface area contributed by atoms with E-state index in [0.29, 0.717) is 33.5 Å². The lowest BCUT2D eigenvalue weighted by atomic mass is 10.0. The second-order valence-corrected chi connectivity index (χ2v) is 6.82. The monoisotopic (exact) mass is 350 g/mol. The number of hydrogen-bond acceptors (Lipinski definition) is 6. The smallest absolute Gasteiger partial charge is 0.341 e. The molecule has 0 unspecified atom stereocenters. The first-order valence-corrected chi connectivity index (χ1v) is 8.74. The van der Waals surface area contributed by atoms with Crippen LogP contribution >= 0.6 is 11.3 Å². The molecule has 0 aliphatic carbocycles. The fourth-order valence-electron chi connectivity index (χ4n) is 2.48.